The van der Waals surface area contributed by atoms with Crippen molar-refractivity contribution in [3.05, 3.63) is 44.8 Å². The molecule has 2 aromatic rings. The van der Waals surface area contributed by atoms with Crippen molar-refractivity contribution in [2.45, 2.75) is 0 Å². The Hall–Kier alpha value is -1.53. The smallest absolute Gasteiger partial charge is 0.336 e. The molecule has 0 aliphatic heterocycles. The minimum absolute atomic E-state index is 0.145. The van der Waals surface area contributed by atoms with Gasteiger partial charge in [-0.25, -0.2) is 4.79 Å². The molecule has 19 heavy (non-hydrogen) atoms. The number of nitrogens with two attached hydrogens (primary N) is 2. The Morgan fingerprint density at radius 1 is 1.05 bits per heavy atom. The zero-order valence-electron chi connectivity index (χ0n) is 9.65. The van der Waals surface area contributed by atoms with Gasteiger partial charge in [0.25, 0.3) is 0 Å². The molecule has 0 atom stereocenters. The van der Waals surface area contributed by atoms with Crippen LogP contribution in [0.3, 0.4) is 0 Å². The van der Waals surface area contributed by atoms with E-state index in [2.05, 4.69) is 31.9 Å². The van der Waals surface area contributed by atoms with Gasteiger partial charge in [-0.2, -0.15) is 0 Å². The summed E-state index contributed by atoms with van der Waals surface area (Å²) < 4.78 is 1.34. The topological polar surface area (TPSA) is 89.3 Å². The summed E-state index contributed by atoms with van der Waals surface area (Å²) in [6.45, 7) is 0. The Morgan fingerprint density at radius 2 is 1.74 bits per heavy atom. The van der Waals surface area contributed by atoms with E-state index in [-0.39, 0.29) is 5.56 Å². The highest BCUT2D eigenvalue weighted by Crippen LogP contribution is 2.39. The number of aromatic carboxylic acids is 1. The molecule has 0 heterocycles. The normalized spacial score (nSPS) is 10.4. The molecule has 2 aromatic carbocycles. The Labute approximate surface area is 126 Å². The predicted molar refractivity (Wildman–Crippen MR) is 83.1 cm³/mol. The number of carbonyl (C=O) groups is 1. The molecule has 0 bridgehead atoms. The maximum absolute atomic E-state index is 11.3. The molecule has 2 rings (SSSR count). The summed E-state index contributed by atoms with van der Waals surface area (Å²) in [7, 11) is 0. The van der Waals surface area contributed by atoms with E-state index in [9.17, 15) is 9.90 Å². The molecular formula is C13H10Br2N2O2. The second-order valence-corrected chi connectivity index (χ2v) is 5.64. The van der Waals surface area contributed by atoms with Gasteiger partial charge in [0, 0.05) is 20.2 Å². The van der Waals surface area contributed by atoms with E-state index in [4.69, 9.17) is 11.5 Å². The van der Waals surface area contributed by atoms with Crippen LogP contribution in [0.2, 0.25) is 0 Å². The molecule has 5 N–H and O–H groups in total. The monoisotopic (exact) mass is 384 g/mol. The van der Waals surface area contributed by atoms with Crippen LogP contribution >= 0.6 is 31.9 Å². The summed E-state index contributed by atoms with van der Waals surface area (Å²) in [6.07, 6.45) is 0. The number of hydrogen-bond acceptors (Lipinski definition) is 3. The van der Waals surface area contributed by atoms with E-state index >= 15 is 0 Å². The summed E-state index contributed by atoms with van der Waals surface area (Å²) in [5, 5.41) is 9.28. The van der Waals surface area contributed by atoms with E-state index in [0.29, 0.717) is 31.4 Å². The van der Waals surface area contributed by atoms with Crippen molar-refractivity contribution in [2.24, 2.45) is 0 Å². The molecule has 0 fully saturated rings. The number of halogens is 2. The number of hydrogen-bond donors (Lipinski definition) is 3. The lowest BCUT2D eigenvalue weighted by atomic mass is 9.97. The first-order chi connectivity index (χ1) is 8.91. The SMILES string of the molecule is Nc1ccc(-c2c(C(=O)O)ccc(Br)c2N)c(Br)c1. The van der Waals surface area contributed by atoms with Gasteiger partial charge in [-0.05, 0) is 45.8 Å². The maximum Gasteiger partial charge on any atom is 0.336 e. The fourth-order valence-electron chi connectivity index (χ4n) is 1.80. The van der Waals surface area contributed by atoms with E-state index in [1.54, 1.807) is 24.3 Å². The van der Waals surface area contributed by atoms with Crippen molar-refractivity contribution < 1.29 is 9.90 Å². The van der Waals surface area contributed by atoms with Crippen molar-refractivity contribution in [2.75, 3.05) is 11.5 Å². The lowest BCUT2D eigenvalue weighted by Gasteiger charge is -2.13. The number of benzene rings is 2. The van der Waals surface area contributed by atoms with Crippen molar-refractivity contribution in [3.8, 4) is 11.1 Å². The molecule has 4 nitrogen and oxygen atoms in total. The van der Waals surface area contributed by atoms with Gasteiger partial charge in [-0.3, -0.25) is 0 Å². The third-order valence-electron chi connectivity index (χ3n) is 2.69. The molecule has 0 radical (unpaired) electrons. The van der Waals surface area contributed by atoms with Crippen LogP contribution in [-0.2, 0) is 0 Å². The molecule has 0 aromatic heterocycles. The summed E-state index contributed by atoms with van der Waals surface area (Å²) in [4.78, 5) is 11.3. The number of carboxylic acid groups (broad SMARTS) is 1. The molecular weight excluding hydrogens is 376 g/mol. The molecule has 0 saturated carbocycles. The first-order valence-corrected chi connectivity index (χ1v) is 6.87. The molecule has 0 aliphatic carbocycles. The first-order valence-electron chi connectivity index (χ1n) is 5.28. The van der Waals surface area contributed by atoms with Crippen molar-refractivity contribution in [3.63, 3.8) is 0 Å². The van der Waals surface area contributed by atoms with Crippen LogP contribution in [0.1, 0.15) is 10.4 Å². The van der Waals surface area contributed by atoms with E-state index < -0.39 is 5.97 Å². The lowest BCUT2D eigenvalue weighted by Crippen LogP contribution is -2.04. The minimum atomic E-state index is -1.03. The fourth-order valence-corrected chi connectivity index (χ4v) is 2.72. The van der Waals surface area contributed by atoms with Gasteiger partial charge in [0.15, 0.2) is 0 Å². The molecule has 0 spiro atoms. The third-order valence-corrected chi connectivity index (χ3v) is 4.03. The van der Waals surface area contributed by atoms with Crippen LogP contribution in [-0.4, -0.2) is 11.1 Å². The zero-order valence-corrected chi connectivity index (χ0v) is 12.8. The zero-order chi connectivity index (χ0) is 14.2. The number of nitrogen functional groups attached to an aromatic ring is 2. The highest BCUT2D eigenvalue weighted by molar-refractivity contribution is 9.11. The van der Waals surface area contributed by atoms with Crippen molar-refractivity contribution in [1.82, 2.24) is 0 Å². The second kappa shape index (κ2) is 5.22. The summed E-state index contributed by atoms with van der Waals surface area (Å²) in [6, 6.07) is 8.28. The van der Waals surface area contributed by atoms with Gasteiger partial charge in [0.2, 0.25) is 0 Å². The van der Waals surface area contributed by atoms with Crippen LogP contribution in [0.5, 0.6) is 0 Å². The fraction of sp³-hybridized carbons (Fsp3) is 0. The second-order valence-electron chi connectivity index (χ2n) is 3.93. The van der Waals surface area contributed by atoms with Gasteiger partial charge >= 0.3 is 5.97 Å². The Balaban J connectivity index is 2.80. The van der Waals surface area contributed by atoms with Crippen molar-refractivity contribution in [1.29, 1.82) is 0 Å². The average molecular weight is 386 g/mol. The van der Waals surface area contributed by atoms with E-state index in [0.717, 1.165) is 0 Å². The quantitative estimate of drug-likeness (QED) is 0.687. The highest BCUT2D eigenvalue weighted by Gasteiger charge is 2.18. The van der Waals surface area contributed by atoms with Gasteiger partial charge < -0.3 is 16.6 Å². The molecule has 0 unspecified atom stereocenters. The third kappa shape index (κ3) is 2.59. The average Bonchev–Trinajstić information content (AvgIpc) is 2.33. The summed E-state index contributed by atoms with van der Waals surface area (Å²) in [5.41, 5.74) is 13.9. The van der Waals surface area contributed by atoms with Crippen LogP contribution in [0, 0.1) is 0 Å². The Morgan fingerprint density at radius 3 is 2.32 bits per heavy atom. The van der Waals surface area contributed by atoms with Crippen LogP contribution in [0.4, 0.5) is 11.4 Å². The molecule has 6 heteroatoms. The lowest BCUT2D eigenvalue weighted by molar-refractivity contribution is 0.0698. The molecule has 98 valence electrons. The first kappa shape index (κ1) is 13.9. The number of anilines is 2. The van der Waals surface area contributed by atoms with E-state index in [1.807, 2.05) is 0 Å². The Bertz CT molecular complexity index is 672. The Kier molecular flexibility index (Phi) is 3.82. The number of rotatable bonds is 2. The predicted octanol–water partition coefficient (Wildman–Crippen LogP) is 3.74. The maximum atomic E-state index is 11.3. The standard InChI is InChI=1S/C13H10Br2N2O2/c14-9-4-3-8(13(18)19)11(12(9)17)7-2-1-6(16)5-10(7)15/h1-5H,16-17H2,(H,18,19). The minimum Gasteiger partial charge on any atom is -0.478 e. The summed E-state index contributed by atoms with van der Waals surface area (Å²) in [5.74, 6) is -1.03. The van der Waals surface area contributed by atoms with E-state index in [1.165, 1.54) is 6.07 Å². The molecule has 0 amide bonds. The van der Waals surface area contributed by atoms with Crippen LogP contribution in [0.15, 0.2) is 39.3 Å². The molecule has 0 aliphatic rings. The van der Waals surface area contributed by atoms with Gasteiger partial charge in [0.05, 0.1) is 11.3 Å². The van der Waals surface area contributed by atoms with Crippen molar-refractivity contribution >= 4 is 49.2 Å². The largest absolute Gasteiger partial charge is 0.478 e. The van der Waals surface area contributed by atoms with Gasteiger partial charge in [0.1, 0.15) is 0 Å². The van der Waals surface area contributed by atoms with Gasteiger partial charge in [-0.1, -0.05) is 22.0 Å². The van der Waals surface area contributed by atoms with Gasteiger partial charge in [-0.15, -0.1) is 0 Å². The molecule has 0 saturated heterocycles. The summed E-state index contributed by atoms with van der Waals surface area (Å²) >= 11 is 6.69. The van der Waals surface area contributed by atoms with Crippen LogP contribution < -0.4 is 11.5 Å². The number of carboxylic acids is 1. The highest BCUT2D eigenvalue weighted by atomic mass is 79.9. The van der Waals surface area contributed by atoms with Crippen LogP contribution in [0.25, 0.3) is 11.1 Å².